The standard InChI is InChI=1S/C5H12N2O6P2/c1-7-3-6-2-5(7)13-15(11,12)4-14(8,9)10/h3,5H,2,4H2,1H3,(H,11,12)(H2,8,9,10). The van der Waals surface area contributed by atoms with Crippen LogP contribution in [-0.4, -0.2) is 51.6 Å². The van der Waals surface area contributed by atoms with Gasteiger partial charge in [0.2, 0.25) is 0 Å². The van der Waals surface area contributed by atoms with Crippen LogP contribution in [-0.2, 0) is 13.7 Å². The van der Waals surface area contributed by atoms with E-state index in [9.17, 15) is 14.0 Å². The van der Waals surface area contributed by atoms with Gasteiger partial charge in [0, 0.05) is 7.05 Å². The Morgan fingerprint density at radius 1 is 1.53 bits per heavy atom. The number of rotatable bonds is 4. The monoisotopic (exact) mass is 258 g/mol. The Hall–Kier alpha value is -0.230. The quantitative estimate of drug-likeness (QED) is 0.588. The molecule has 0 saturated carbocycles. The molecule has 2 atom stereocenters. The normalized spacial score (nSPS) is 25.6. The maximum Gasteiger partial charge on any atom is 0.342 e. The summed E-state index contributed by atoms with van der Waals surface area (Å²) < 4.78 is 26.5. The molecule has 0 aromatic heterocycles. The molecule has 88 valence electrons. The van der Waals surface area contributed by atoms with Gasteiger partial charge in [-0.2, -0.15) is 0 Å². The zero-order valence-corrected chi connectivity index (χ0v) is 9.71. The van der Waals surface area contributed by atoms with Crippen molar-refractivity contribution in [3.63, 3.8) is 0 Å². The maximum absolute atomic E-state index is 11.3. The Balaban J connectivity index is 2.57. The molecule has 0 aromatic rings. The average Bonchev–Trinajstić information content (AvgIpc) is 2.29. The van der Waals surface area contributed by atoms with Gasteiger partial charge in [0.1, 0.15) is 0 Å². The van der Waals surface area contributed by atoms with Crippen LogP contribution < -0.4 is 0 Å². The second-order valence-corrected chi connectivity index (χ2v) is 7.10. The van der Waals surface area contributed by atoms with E-state index in [1.165, 1.54) is 11.2 Å². The minimum absolute atomic E-state index is 0.169. The zero-order valence-electron chi connectivity index (χ0n) is 7.92. The van der Waals surface area contributed by atoms with E-state index in [4.69, 9.17) is 14.3 Å². The fourth-order valence-electron chi connectivity index (χ4n) is 1.03. The molecule has 10 heteroatoms. The van der Waals surface area contributed by atoms with Crippen LogP contribution in [0.5, 0.6) is 0 Å². The number of hydrogen-bond donors (Lipinski definition) is 3. The van der Waals surface area contributed by atoms with Crippen LogP contribution in [0.15, 0.2) is 4.99 Å². The molecule has 1 aliphatic heterocycles. The lowest BCUT2D eigenvalue weighted by Crippen LogP contribution is -2.29. The minimum atomic E-state index is -4.56. The van der Waals surface area contributed by atoms with Crippen LogP contribution in [0.1, 0.15) is 0 Å². The largest absolute Gasteiger partial charge is 0.342 e. The summed E-state index contributed by atoms with van der Waals surface area (Å²) in [4.78, 5) is 31.5. The zero-order chi connectivity index (χ0) is 11.7. The van der Waals surface area contributed by atoms with E-state index < -0.39 is 27.3 Å². The van der Waals surface area contributed by atoms with Gasteiger partial charge in [0.15, 0.2) is 12.1 Å². The molecule has 0 aromatic carbocycles. The third-order valence-corrected chi connectivity index (χ3v) is 5.11. The number of hydrogen-bond acceptors (Lipinski definition) is 5. The molecule has 1 aliphatic rings. The van der Waals surface area contributed by atoms with Gasteiger partial charge in [0.05, 0.1) is 12.9 Å². The predicted molar refractivity (Wildman–Crippen MR) is 52.7 cm³/mol. The lowest BCUT2D eigenvalue weighted by Gasteiger charge is -2.22. The Kier molecular flexibility index (Phi) is 3.71. The highest BCUT2D eigenvalue weighted by atomic mass is 31.2. The first-order valence-electron chi connectivity index (χ1n) is 3.96. The molecule has 0 radical (unpaired) electrons. The van der Waals surface area contributed by atoms with Gasteiger partial charge in [-0.25, -0.2) is 0 Å². The first-order valence-corrected chi connectivity index (χ1v) is 7.52. The summed E-state index contributed by atoms with van der Waals surface area (Å²) in [6, 6.07) is 0. The average molecular weight is 258 g/mol. The summed E-state index contributed by atoms with van der Waals surface area (Å²) in [7, 11) is -7.26. The molecule has 0 amide bonds. The lowest BCUT2D eigenvalue weighted by molar-refractivity contribution is 0.104. The van der Waals surface area contributed by atoms with Gasteiger partial charge >= 0.3 is 15.2 Å². The third kappa shape index (κ3) is 4.42. The second-order valence-electron chi connectivity index (χ2n) is 3.15. The van der Waals surface area contributed by atoms with Crippen LogP contribution in [0.25, 0.3) is 0 Å². The van der Waals surface area contributed by atoms with Gasteiger partial charge in [-0.15, -0.1) is 0 Å². The third-order valence-electron chi connectivity index (χ3n) is 1.63. The molecule has 1 heterocycles. The van der Waals surface area contributed by atoms with Crippen molar-refractivity contribution >= 4 is 21.5 Å². The van der Waals surface area contributed by atoms with E-state index in [1.54, 1.807) is 7.05 Å². The van der Waals surface area contributed by atoms with Crippen LogP contribution in [0, 0.1) is 0 Å². The van der Waals surface area contributed by atoms with Crippen molar-refractivity contribution in [1.29, 1.82) is 0 Å². The molecule has 8 nitrogen and oxygen atoms in total. The van der Waals surface area contributed by atoms with Crippen molar-refractivity contribution in [3.8, 4) is 0 Å². The Labute approximate surface area is 86.3 Å². The fraction of sp³-hybridized carbons (Fsp3) is 0.800. The summed E-state index contributed by atoms with van der Waals surface area (Å²) in [6.07, 6.45) is 0.676. The highest BCUT2D eigenvalue weighted by Gasteiger charge is 2.35. The number of nitrogens with zero attached hydrogens (tertiary/aromatic N) is 2. The summed E-state index contributed by atoms with van der Waals surface area (Å²) >= 11 is 0. The van der Waals surface area contributed by atoms with Gasteiger partial charge in [-0.05, 0) is 0 Å². The Morgan fingerprint density at radius 2 is 2.13 bits per heavy atom. The molecule has 15 heavy (non-hydrogen) atoms. The van der Waals surface area contributed by atoms with Crippen molar-refractivity contribution < 1.29 is 28.3 Å². The summed E-state index contributed by atoms with van der Waals surface area (Å²) in [5.74, 6) is -1.18. The summed E-state index contributed by atoms with van der Waals surface area (Å²) in [6.45, 7) is 0.169. The van der Waals surface area contributed by atoms with E-state index in [0.29, 0.717) is 0 Å². The van der Waals surface area contributed by atoms with E-state index in [-0.39, 0.29) is 6.54 Å². The molecule has 1 rings (SSSR count). The lowest BCUT2D eigenvalue weighted by atomic mass is 10.6. The molecule has 0 bridgehead atoms. The second kappa shape index (κ2) is 4.33. The smallest absolute Gasteiger partial charge is 0.339 e. The molecular weight excluding hydrogens is 246 g/mol. The molecule has 3 N–H and O–H groups in total. The number of likely N-dealkylation sites (N-methyl/N-ethyl adjacent to an activating group) is 1. The van der Waals surface area contributed by atoms with Crippen LogP contribution >= 0.6 is 15.2 Å². The SMILES string of the molecule is CN1C=NCC1OP(=O)(O)CP(=O)(O)O. The van der Waals surface area contributed by atoms with E-state index >= 15 is 0 Å². The van der Waals surface area contributed by atoms with Gasteiger partial charge in [-0.3, -0.25) is 18.6 Å². The summed E-state index contributed by atoms with van der Waals surface area (Å²) in [5, 5.41) is 0. The maximum atomic E-state index is 11.3. The van der Waals surface area contributed by atoms with Gasteiger partial charge in [-0.1, -0.05) is 0 Å². The van der Waals surface area contributed by atoms with E-state index in [0.717, 1.165) is 0 Å². The topological polar surface area (TPSA) is 120 Å². The van der Waals surface area contributed by atoms with E-state index in [2.05, 4.69) is 4.99 Å². The van der Waals surface area contributed by atoms with Gasteiger partial charge in [0.25, 0.3) is 0 Å². The van der Waals surface area contributed by atoms with Crippen molar-refractivity contribution in [1.82, 2.24) is 4.90 Å². The Bertz CT molecular complexity index is 351. The van der Waals surface area contributed by atoms with Crippen LogP contribution in [0.2, 0.25) is 0 Å². The minimum Gasteiger partial charge on any atom is -0.339 e. The van der Waals surface area contributed by atoms with Crippen LogP contribution in [0.3, 0.4) is 0 Å². The fourth-order valence-corrected chi connectivity index (χ4v) is 3.76. The Morgan fingerprint density at radius 3 is 2.53 bits per heavy atom. The van der Waals surface area contributed by atoms with Gasteiger partial charge < -0.3 is 19.6 Å². The highest BCUT2D eigenvalue weighted by molar-refractivity contribution is 7.70. The molecule has 0 saturated heterocycles. The van der Waals surface area contributed by atoms with Crippen molar-refractivity contribution in [2.45, 2.75) is 6.23 Å². The van der Waals surface area contributed by atoms with E-state index in [1.807, 2.05) is 0 Å². The highest BCUT2D eigenvalue weighted by Crippen LogP contribution is 2.56. The number of aliphatic imine (C=N–C) groups is 1. The molecule has 2 unspecified atom stereocenters. The summed E-state index contributed by atoms with van der Waals surface area (Å²) in [5.41, 5.74) is 0. The first-order chi connectivity index (χ1) is 6.70. The molecule has 0 fully saturated rings. The molecular formula is C5H12N2O6P2. The van der Waals surface area contributed by atoms with Crippen LogP contribution in [0.4, 0.5) is 0 Å². The molecule has 0 aliphatic carbocycles. The van der Waals surface area contributed by atoms with Crippen molar-refractivity contribution in [2.75, 3.05) is 19.5 Å². The molecule has 0 spiro atoms. The predicted octanol–water partition coefficient (Wildman–Crippen LogP) is -0.377. The van der Waals surface area contributed by atoms with Crippen molar-refractivity contribution in [2.24, 2.45) is 4.99 Å². The van der Waals surface area contributed by atoms with Crippen molar-refractivity contribution in [3.05, 3.63) is 0 Å². The first kappa shape index (κ1) is 12.8.